The van der Waals surface area contributed by atoms with Crippen molar-refractivity contribution in [3.8, 4) is 0 Å². The van der Waals surface area contributed by atoms with Crippen LogP contribution in [0.5, 0.6) is 0 Å². The first-order valence-electron chi connectivity index (χ1n) is 17.9. The maximum Gasteiger partial charge on any atom is 0.410 e. The molecule has 5 amide bonds. The van der Waals surface area contributed by atoms with Crippen molar-refractivity contribution < 1.29 is 51.0 Å². The average molecular weight is 774 g/mol. The van der Waals surface area contributed by atoms with Crippen molar-refractivity contribution in [2.45, 2.75) is 101 Å². The number of hydrogen-bond acceptors (Lipinski definition) is 10. The molecule has 2 heterocycles. The fourth-order valence-corrected chi connectivity index (χ4v) is 8.35. The molecule has 17 heteroatoms. The number of ketones is 1. The lowest BCUT2D eigenvalue weighted by Crippen LogP contribution is -2.53. The van der Waals surface area contributed by atoms with Crippen LogP contribution in [0.3, 0.4) is 0 Å². The Morgan fingerprint density at radius 3 is 2.43 bits per heavy atom. The van der Waals surface area contributed by atoms with Gasteiger partial charge in [0.2, 0.25) is 27.7 Å². The quantitative estimate of drug-likeness (QED) is 0.210. The van der Waals surface area contributed by atoms with Crippen LogP contribution in [0, 0.1) is 17.2 Å². The van der Waals surface area contributed by atoms with Gasteiger partial charge in [-0.2, -0.15) is 0 Å². The number of hydrogen-bond donors (Lipinski definition) is 2. The van der Waals surface area contributed by atoms with Gasteiger partial charge in [0.1, 0.15) is 23.6 Å². The van der Waals surface area contributed by atoms with E-state index in [1.807, 2.05) is 0 Å². The molecule has 0 radical (unpaired) electrons. The number of likely N-dealkylation sites (tertiary alicyclic amines) is 1. The first kappa shape index (κ1) is 40.4. The smallest absolute Gasteiger partial charge is 0.410 e. The Morgan fingerprint density at radius 1 is 1.13 bits per heavy atom. The van der Waals surface area contributed by atoms with Crippen LogP contribution in [0.1, 0.15) is 70.4 Å². The molecule has 0 aromatic heterocycles. The zero-order chi connectivity index (χ0) is 39.7. The molecule has 1 aromatic rings. The van der Waals surface area contributed by atoms with Crippen molar-refractivity contribution in [3.63, 3.8) is 0 Å². The summed E-state index contributed by atoms with van der Waals surface area (Å²) in [6.45, 7) is 11.9. The fourth-order valence-electron chi connectivity index (χ4n) is 6.96. The molecule has 1 unspecified atom stereocenters. The molecule has 5 rings (SSSR count). The molecular weight excluding hydrogens is 725 g/mol. The number of nitrogens with zero attached hydrogens (tertiary/aromatic N) is 3. The molecule has 1 saturated heterocycles. The third-order valence-corrected chi connectivity index (χ3v) is 12.0. The zero-order valence-corrected chi connectivity index (χ0v) is 31.8. The molecule has 54 heavy (non-hydrogen) atoms. The van der Waals surface area contributed by atoms with Crippen LogP contribution in [-0.2, 0) is 51.8 Å². The summed E-state index contributed by atoms with van der Waals surface area (Å²) in [5.74, 6) is -3.55. The minimum Gasteiger partial charge on any atom is -0.444 e. The third-order valence-electron chi connectivity index (χ3n) is 10.2. The van der Waals surface area contributed by atoms with E-state index in [-0.39, 0.29) is 45.4 Å². The van der Waals surface area contributed by atoms with Gasteiger partial charge in [0.25, 0.3) is 0 Å². The number of benzene rings is 1. The highest BCUT2D eigenvalue weighted by Crippen LogP contribution is 2.57. The third kappa shape index (κ3) is 9.10. The van der Waals surface area contributed by atoms with Crippen LogP contribution in [0.2, 0.25) is 0 Å². The van der Waals surface area contributed by atoms with E-state index in [2.05, 4.69) is 23.2 Å². The van der Waals surface area contributed by atoms with Gasteiger partial charge in [-0.25, -0.2) is 22.4 Å². The van der Waals surface area contributed by atoms with Gasteiger partial charge < -0.3 is 24.6 Å². The Kier molecular flexibility index (Phi) is 11.6. The average Bonchev–Trinajstić information content (AvgIpc) is 3.99. The number of Topliss-reactive ketones (excluding diaryl/α,β-unsaturated/α-hetero) is 1. The topological polar surface area (TPSA) is 189 Å². The van der Waals surface area contributed by atoms with Gasteiger partial charge in [0, 0.05) is 38.5 Å². The lowest BCUT2D eigenvalue weighted by Gasteiger charge is -2.30. The fraction of sp³-hybridized carbons (Fsp3) is 0.568. The van der Waals surface area contributed by atoms with Crippen LogP contribution in [-0.4, -0.2) is 108 Å². The van der Waals surface area contributed by atoms with Crippen molar-refractivity contribution in [1.29, 1.82) is 0 Å². The highest BCUT2D eigenvalue weighted by Gasteiger charge is 2.61. The van der Waals surface area contributed by atoms with E-state index in [4.69, 9.17) is 9.47 Å². The van der Waals surface area contributed by atoms with Gasteiger partial charge in [-0.05, 0) is 70.1 Å². The number of ether oxygens (including phenoxy) is 2. The second-order valence-corrected chi connectivity index (χ2v) is 17.4. The monoisotopic (exact) mass is 773 g/mol. The van der Waals surface area contributed by atoms with Gasteiger partial charge >= 0.3 is 12.2 Å². The number of allylic oxidation sites excluding steroid dienone is 1. The van der Waals surface area contributed by atoms with Gasteiger partial charge in [-0.15, -0.1) is 6.58 Å². The zero-order valence-electron chi connectivity index (χ0n) is 31.0. The second-order valence-electron chi connectivity index (χ2n) is 15.5. The first-order valence-corrected chi connectivity index (χ1v) is 19.4. The number of amides is 5. The van der Waals surface area contributed by atoms with Crippen LogP contribution >= 0.6 is 0 Å². The Bertz CT molecular complexity index is 1840. The molecule has 5 atom stereocenters. The molecular formula is C37H48FN5O10S. The number of fused-ring (bicyclic) bond motifs is 1. The highest BCUT2D eigenvalue weighted by molar-refractivity contribution is 7.90. The second kappa shape index (κ2) is 15.5. The van der Waals surface area contributed by atoms with E-state index in [1.165, 1.54) is 40.0 Å². The van der Waals surface area contributed by atoms with Gasteiger partial charge in [0.05, 0.1) is 29.8 Å². The first-order chi connectivity index (χ1) is 25.3. The van der Waals surface area contributed by atoms with E-state index >= 15 is 0 Å². The van der Waals surface area contributed by atoms with Crippen molar-refractivity contribution in [2.24, 2.45) is 11.3 Å². The normalized spacial score (nSPS) is 23.8. The molecule has 0 bridgehead atoms. The molecule has 294 valence electrons. The van der Waals surface area contributed by atoms with E-state index in [0.717, 1.165) is 6.08 Å². The lowest BCUT2D eigenvalue weighted by atomic mass is 9.91. The molecule has 2 saturated carbocycles. The Morgan fingerprint density at radius 2 is 1.83 bits per heavy atom. The maximum absolute atomic E-state index is 14.4. The Balaban J connectivity index is 1.39. The summed E-state index contributed by atoms with van der Waals surface area (Å²) in [5, 5.41) is 1.87. The number of alkyl carbamates (subject to hydrolysis) is 1. The standard InChI is InChI=1S/C37H48FN5O10S/c1-7-23-17-37(23,33(47)40-54(50,51)25-12-13-25)18-30(44)29-16-24(52-35(49)42-19-22-10-9-11-27(38)26(22)21-42)20-43(29)32(46)28(14-15-41(6)31(45)8-2)39-34(48)53-36(3,4)5/h7-11,23-25,28-29H,1-2,12-21H2,3-6H3,(H,39,48)(H,40,47)/t23-,24?,28+,29+,37-/m1/s1. The predicted molar refractivity (Wildman–Crippen MR) is 192 cm³/mol. The number of sulfonamides is 1. The summed E-state index contributed by atoms with van der Waals surface area (Å²) in [6.07, 6.45) is 0.132. The van der Waals surface area contributed by atoms with Crippen molar-refractivity contribution in [3.05, 3.63) is 60.5 Å². The van der Waals surface area contributed by atoms with Crippen LogP contribution in [0.25, 0.3) is 0 Å². The molecule has 0 spiro atoms. The van der Waals surface area contributed by atoms with E-state index in [1.54, 1.807) is 26.8 Å². The molecule has 2 aliphatic carbocycles. The van der Waals surface area contributed by atoms with E-state index in [0.29, 0.717) is 24.0 Å². The summed E-state index contributed by atoms with van der Waals surface area (Å²) in [4.78, 5) is 84.5. The molecule has 1 aromatic carbocycles. The number of likely N-dealkylation sites (N-methyl/N-ethyl adjacent to an activating group) is 1. The lowest BCUT2D eigenvalue weighted by molar-refractivity contribution is -0.141. The van der Waals surface area contributed by atoms with Crippen molar-refractivity contribution in [2.75, 3.05) is 20.1 Å². The Hall–Kier alpha value is -4.80. The summed E-state index contributed by atoms with van der Waals surface area (Å²) in [6, 6.07) is 1.96. The number of halogens is 1. The van der Waals surface area contributed by atoms with E-state index < -0.39 is 98.3 Å². The summed E-state index contributed by atoms with van der Waals surface area (Å²) in [5.41, 5.74) is -1.37. The van der Waals surface area contributed by atoms with Gasteiger partial charge in [0.15, 0.2) is 5.78 Å². The molecule has 15 nitrogen and oxygen atoms in total. The summed E-state index contributed by atoms with van der Waals surface area (Å²) < 4.78 is 53.1. The number of carbonyl (C=O) groups excluding carboxylic acids is 6. The highest BCUT2D eigenvalue weighted by atomic mass is 32.2. The molecule has 3 fully saturated rings. The minimum absolute atomic E-state index is 0.00618. The number of rotatable bonds is 14. The van der Waals surface area contributed by atoms with E-state index in [9.17, 15) is 41.6 Å². The predicted octanol–water partition coefficient (Wildman–Crippen LogP) is 2.94. The SMILES string of the molecule is C=CC(=O)N(C)CC[C@H](NC(=O)OC(C)(C)C)C(=O)N1CC(OC(=O)N2Cc3cccc(F)c3C2)C[C@H]1C(=O)C[C@]1(C(=O)NS(=O)(=O)C2CC2)C[C@H]1C=C. The van der Waals surface area contributed by atoms with Crippen molar-refractivity contribution >= 4 is 45.7 Å². The molecule has 2 N–H and O–H groups in total. The van der Waals surface area contributed by atoms with Crippen molar-refractivity contribution in [1.82, 2.24) is 24.7 Å². The largest absolute Gasteiger partial charge is 0.444 e. The summed E-state index contributed by atoms with van der Waals surface area (Å²) >= 11 is 0. The van der Waals surface area contributed by atoms with Crippen LogP contribution in [0.15, 0.2) is 43.5 Å². The maximum atomic E-state index is 14.4. The number of nitrogens with one attached hydrogen (secondary N) is 2. The minimum atomic E-state index is -3.93. The Labute approximate surface area is 314 Å². The van der Waals surface area contributed by atoms with Crippen LogP contribution in [0.4, 0.5) is 14.0 Å². The molecule has 4 aliphatic rings. The van der Waals surface area contributed by atoms with Crippen LogP contribution < -0.4 is 10.0 Å². The molecule has 2 aliphatic heterocycles. The van der Waals surface area contributed by atoms with Gasteiger partial charge in [-0.3, -0.25) is 28.8 Å². The number of carbonyl (C=O) groups is 6. The van der Waals surface area contributed by atoms with Gasteiger partial charge in [-0.1, -0.05) is 24.8 Å². The summed E-state index contributed by atoms with van der Waals surface area (Å²) in [7, 11) is -2.45.